The fourth-order valence-electron chi connectivity index (χ4n) is 2.73. The number of benzene rings is 2. The van der Waals surface area contributed by atoms with Crippen molar-refractivity contribution in [2.75, 3.05) is 6.61 Å². The molecule has 0 radical (unpaired) electrons. The average Bonchev–Trinajstić information content (AvgIpc) is 2.64. The molecule has 5 nitrogen and oxygen atoms in total. The number of para-hydroxylation sites is 1. The van der Waals surface area contributed by atoms with Crippen LogP contribution in [0.15, 0.2) is 53.3 Å². The van der Waals surface area contributed by atoms with E-state index in [1.165, 1.54) is 10.1 Å². The number of carbonyl (C=O) groups is 1. The smallest absolute Gasteiger partial charge is 0.338 e. The molecule has 5 heteroatoms. The Hall–Kier alpha value is -2.95. The highest BCUT2D eigenvalue weighted by atomic mass is 16.5. The van der Waals surface area contributed by atoms with Crippen molar-refractivity contribution in [2.24, 2.45) is 0 Å². The molecule has 0 aliphatic heterocycles. The van der Waals surface area contributed by atoms with Crippen LogP contribution in [0.4, 0.5) is 0 Å². The van der Waals surface area contributed by atoms with Crippen molar-refractivity contribution in [3.63, 3.8) is 0 Å². The second kappa shape index (κ2) is 7.30. The molecule has 2 aromatic carbocycles. The molecule has 0 amide bonds. The minimum atomic E-state index is -0.387. The summed E-state index contributed by atoms with van der Waals surface area (Å²) >= 11 is 0. The van der Waals surface area contributed by atoms with Gasteiger partial charge < -0.3 is 4.74 Å². The Morgan fingerprint density at radius 2 is 1.84 bits per heavy atom. The second-order valence-electron chi connectivity index (χ2n) is 5.82. The number of carbonyl (C=O) groups excluding carboxylic acids is 1. The normalized spacial score (nSPS) is 10.8. The minimum Gasteiger partial charge on any atom is -0.460 e. The molecule has 25 heavy (non-hydrogen) atoms. The van der Waals surface area contributed by atoms with Gasteiger partial charge in [0.15, 0.2) is 0 Å². The van der Waals surface area contributed by atoms with Gasteiger partial charge in [-0.2, -0.15) is 0 Å². The molecule has 0 bridgehead atoms. The minimum absolute atomic E-state index is 0.119. The van der Waals surface area contributed by atoms with Crippen molar-refractivity contribution in [3.05, 3.63) is 75.8 Å². The van der Waals surface area contributed by atoms with Crippen molar-refractivity contribution >= 4 is 16.9 Å². The molecular weight excluding hydrogens is 316 g/mol. The number of aromatic nitrogens is 2. The Kier molecular flexibility index (Phi) is 4.93. The van der Waals surface area contributed by atoms with Crippen LogP contribution in [0, 0.1) is 6.92 Å². The zero-order valence-electron chi connectivity index (χ0n) is 14.4. The second-order valence-corrected chi connectivity index (χ2v) is 5.82. The van der Waals surface area contributed by atoms with E-state index in [0.717, 1.165) is 6.42 Å². The van der Waals surface area contributed by atoms with Crippen molar-refractivity contribution in [3.8, 4) is 0 Å². The summed E-state index contributed by atoms with van der Waals surface area (Å²) < 4.78 is 6.84. The van der Waals surface area contributed by atoms with Gasteiger partial charge in [-0.15, -0.1) is 0 Å². The van der Waals surface area contributed by atoms with E-state index in [-0.39, 0.29) is 24.7 Å². The number of esters is 1. The third kappa shape index (κ3) is 3.60. The Morgan fingerprint density at radius 3 is 2.56 bits per heavy atom. The lowest BCUT2D eigenvalue weighted by Gasteiger charge is -2.11. The van der Waals surface area contributed by atoms with Crippen LogP contribution in [-0.2, 0) is 17.7 Å². The summed E-state index contributed by atoms with van der Waals surface area (Å²) in [6, 6.07) is 14.6. The van der Waals surface area contributed by atoms with E-state index in [4.69, 9.17) is 4.74 Å². The van der Waals surface area contributed by atoms with E-state index in [1.54, 1.807) is 25.1 Å². The molecule has 0 spiro atoms. The number of fused-ring (bicyclic) bond motifs is 1. The SMILES string of the molecule is CCc1ccc(C(=O)OCCn2c(C)nc3ccccc3c2=O)cc1. The van der Waals surface area contributed by atoms with Gasteiger partial charge in [0.25, 0.3) is 5.56 Å². The molecule has 1 aromatic heterocycles. The van der Waals surface area contributed by atoms with Crippen molar-refractivity contribution in [1.82, 2.24) is 9.55 Å². The quantitative estimate of drug-likeness (QED) is 0.672. The van der Waals surface area contributed by atoms with Crippen LogP contribution < -0.4 is 5.56 Å². The molecule has 0 saturated carbocycles. The maximum Gasteiger partial charge on any atom is 0.338 e. The fourth-order valence-corrected chi connectivity index (χ4v) is 2.73. The number of hydrogen-bond acceptors (Lipinski definition) is 4. The fraction of sp³-hybridized carbons (Fsp3) is 0.250. The summed E-state index contributed by atoms with van der Waals surface area (Å²) in [6.45, 7) is 4.24. The average molecular weight is 336 g/mol. The number of nitrogens with zero attached hydrogens (tertiary/aromatic N) is 2. The molecule has 0 aliphatic carbocycles. The molecule has 128 valence electrons. The first-order valence-electron chi connectivity index (χ1n) is 8.32. The van der Waals surface area contributed by atoms with Gasteiger partial charge >= 0.3 is 5.97 Å². The predicted molar refractivity (Wildman–Crippen MR) is 96.8 cm³/mol. The van der Waals surface area contributed by atoms with E-state index in [1.807, 2.05) is 30.3 Å². The molecule has 3 rings (SSSR count). The largest absolute Gasteiger partial charge is 0.460 e. The summed E-state index contributed by atoms with van der Waals surface area (Å²) in [7, 11) is 0. The first-order chi connectivity index (χ1) is 12.1. The summed E-state index contributed by atoms with van der Waals surface area (Å²) in [4.78, 5) is 29.1. The first kappa shape index (κ1) is 16.9. The standard InChI is InChI=1S/C20H20N2O3/c1-3-15-8-10-16(11-9-15)20(24)25-13-12-22-14(2)21-18-7-5-4-6-17(18)19(22)23/h4-11H,3,12-13H2,1-2H3. The highest BCUT2D eigenvalue weighted by Crippen LogP contribution is 2.08. The van der Waals surface area contributed by atoms with Crippen molar-refractivity contribution < 1.29 is 9.53 Å². The molecule has 0 aliphatic rings. The van der Waals surface area contributed by atoms with Gasteiger partial charge in [0.2, 0.25) is 0 Å². The van der Waals surface area contributed by atoms with Gasteiger partial charge in [-0.3, -0.25) is 9.36 Å². The topological polar surface area (TPSA) is 61.2 Å². The maximum atomic E-state index is 12.5. The molecular formula is C20H20N2O3. The zero-order valence-corrected chi connectivity index (χ0v) is 14.4. The highest BCUT2D eigenvalue weighted by molar-refractivity contribution is 5.89. The third-order valence-electron chi connectivity index (χ3n) is 4.20. The van der Waals surface area contributed by atoms with Gasteiger partial charge in [0.05, 0.1) is 23.0 Å². The van der Waals surface area contributed by atoms with Crippen LogP contribution in [-0.4, -0.2) is 22.1 Å². The summed E-state index contributed by atoms with van der Waals surface area (Å²) in [6.07, 6.45) is 0.923. The van der Waals surface area contributed by atoms with Crippen molar-refractivity contribution in [1.29, 1.82) is 0 Å². The number of hydrogen-bond donors (Lipinski definition) is 0. The van der Waals surface area contributed by atoms with E-state index in [0.29, 0.717) is 22.3 Å². The Labute approximate surface area is 145 Å². The van der Waals surface area contributed by atoms with Gasteiger partial charge in [0, 0.05) is 0 Å². The third-order valence-corrected chi connectivity index (χ3v) is 4.20. The zero-order chi connectivity index (χ0) is 17.8. The van der Waals surface area contributed by atoms with E-state index >= 15 is 0 Å². The lowest BCUT2D eigenvalue weighted by atomic mass is 10.1. The lowest BCUT2D eigenvalue weighted by molar-refractivity contribution is 0.0489. The van der Waals surface area contributed by atoms with Crippen LogP contribution in [0.5, 0.6) is 0 Å². The van der Waals surface area contributed by atoms with Gasteiger partial charge in [0.1, 0.15) is 12.4 Å². The Bertz CT molecular complexity index is 959. The van der Waals surface area contributed by atoms with Gasteiger partial charge in [-0.05, 0) is 43.2 Å². The predicted octanol–water partition coefficient (Wildman–Crippen LogP) is 3.12. The Morgan fingerprint density at radius 1 is 1.12 bits per heavy atom. The summed E-state index contributed by atoms with van der Waals surface area (Å²) in [5.41, 5.74) is 2.24. The molecule has 0 atom stereocenters. The van der Waals surface area contributed by atoms with Crippen LogP contribution in [0.25, 0.3) is 10.9 Å². The molecule has 0 unspecified atom stereocenters. The first-order valence-corrected chi connectivity index (χ1v) is 8.32. The summed E-state index contributed by atoms with van der Waals surface area (Å²) in [5, 5.41) is 0.564. The van der Waals surface area contributed by atoms with Gasteiger partial charge in [-0.1, -0.05) is 31.2 Å². The van der Waals surface area contributed by atoms with Crippen molar-refractivity contribution in [2.45, 2.75) is 26.8 Å². The molecule has 0 fully saturated rings. The number of rotatable bonds is 5. The maximum absolute atomic E-state index is 12.5. The number of aryl methyl sites for hydroxylation is 2. The highest BCUT2D eigenvalue weighted by Gasteiger charge is 2.10. The Balaban J connectivity index is 1.70. The molecule has 0 saturated heterocycles. The lowest BCUT2D eigenvalue weighted by Crippen LogP contribution is -2.26. The van der Waals surface area contributed by atoms with Crippen LogP contribution >= 0.6 is 0 Å². The van der Waals surface area contributed by atoms with Gasteiger partial charge in [-0.25, -0.2) is 9.78 Å². The van der Waals surface area contributed by atoms with E-state index in [9.17, 15) is 9.59 Å². The molecule has 0 N–H and O–H groups in total. The summed E-state index contributed by atoms with van der Waals surface area (Å²) in [5.74, 6) is 0.217. The molecule has 1 heterocycles. The van der Waals surface area contributed by atoms with Crippen LogP contribution in [0.2, 0.25) is 0 Å². The van der Waals surface area contributed by atoms with Crippen LogP contribution in [0.1, 0.15) is 28.7 Å². The number of ether oxygens (including phenoxy) is 1. The monoisotopic (exact) mass is 336 g/mol. The van der Waals surface area contributed by atoms with E-state index < -0.39 is 0 Å². The molecule has 3 aromatic rings. The van der Waals surface area contributed by atoms with E-state index in [2.05, 4.69) is 11.9 Å². The van der Waals surface area contributed by atoms with Crippen LogP contribution in [0.3, 0.4) is 0 Å².